The van der Waals surface area contributed by atoms with Crippen molar-refractivity contribution >= 4 is 42.0 Å². The van der Waals surface area contributed by atoms with Crippen molar-refractivity contribution < 1.29 is 0 Å². The normalized spacial score (nSPS) is 26.1. The quantitative estimate of drug-likeness (QED) is 0.362. The van der Waals surface area contributed by atoms with Gasteiger partial charge >= 0.3 is 0 Å². The fourth-order valence-electron chi connectivity index (χ4n) is 2.19. The first-order chi connectivity index (χ1) is 9.13. The van der Waals surface area contributed by atoms with E-state index >= 15 is 0 Å². The Morgan fingerprint density at radius 3 is 2.47 bits per heavy atom. The molecule has 1 fully saturated rings. The monoisotopic (exact) mass is 315 g/mol. The Morgan fingerprint density at radius 2 is 1.95 bits per heavy atom. The van der Waals surface area contributed by atoms with E-state index in [1.807, 2.05) is 18.2 Å². The molecule has 0 saturated heterocycles. The summed E-state index contributed by atoms with van der Waals surface area (Å²) in [6.07, 6.45) is 6.66. The predicted molar refractivity (Wildman–Crippen MR) is 90.5 cm³/mol. The summed E-state index contributed by atoms with van der Waals surface area (Å²) >= 11 is 7.25. The van der Waals surface area contributed by atoms with Crippen molar-refractivity contribution in [3.63, 3.8) is 0 Å². The van der Waals surface area contributed by atoms with E-state index in [0.29, 0.717) is 6.04 Å². The highest BCUT2D eigenvalue weighted by atomic mass is 32.3. The first kappa shape index (κ1) is 15.4. The molecular formula is C13H21N3S3. The van der Waals surface area contributed by atoms with Crippen LogP contribution >= 0.6 is 36.3 Å². The van der Waals surface area contributed by atoms with Gasteiger partial charge in [-0.2, -0.15) is 0 Å². The van der Waals surface area contributed by atoms with Crippen LogP contribution in [-0.2, 0) is 0 Å². The number of rotatable bonds is 1. The minimum Gasteiger partial charge on any atom is -0.352 e. The van der Waals surface area contributed by atoms with Crippen LogP contribution in [0.3, 0.4) is 0 Å². The molecule has 0 aromatic heterocycles. The number of anilines is 1. The molecule has 3 rings (SSSR count). The molecular weight excluding hydrogens is 294 g/mol. The summed E-state index contributed by atoms with van der Waals surface area (Å²) in [7, 11) is 0. The van der Waals surface area contributed by atoms with Gasteiger partial charge in [0.05, 0.1) is 5.69 Å². The number of hydrogen-bond donors (Lipinski definition) is 4. The van der Waals surface area contributed by atoms with E-state index in [-0.39, 0.29) is 0 Å². The summed E-state index contributed by atoms with van der Waals surface area (Å²) in [5.74, 6) is 0. The zero-order valence-corrected chi connectivity index (χ0v) is 13.4. The van der Waals surface area contributed by atoms with Gasteiger partial charge in [-0.3, -0.25) is 5.14 Å². The fourth-order valence-corrected chi connectivity index (χ4v) is 4.07. The van der Waals surface area contributed by atoms with Crippen LogP contribution < -0.4 is 16.2 Å². The zero-order chi connectivity index (χ0) is 13.7. The molecule has 6 heteroatoms. The van der Waals surface area contributed by atoms with E-state index in [0.717, 1.165) is 5.69 Å². The van der Waals surface area contributed by atoms with Crippen LogP contribution in [0.5, 0.6) is 0 Å². The smallest absolute Gasteiger partial charge is 0.194 e. The van der Waals surface area contributed by atoms with Crippen molar-refractivity contribution in [2.45, 2.75) is 46.6 Å². The molecule has 0 bridgehead atoms. The lowest BCUT2D eigenvalue weighted by atomic mass is 9.97. The molecule has 1 aliphatic heterocycles. The lowest BCUT2D eigenvalue weighted by Crippen LogP contribution is -2.22. The van der Waals surface area contributed by atoms with Crippen molar-refractivity contribution in [1.29, 1.82) is 0 Å². The van der Waals surface area contributed by atoms with Crippen molar-refractivity contribution in [3.8, 4) is 0 Å². The van der Waals surface area contributed by atoms with Gasteiger partial charge in [-0.05, 0) is 36.9 Å². The van der Waals surface area contributed by atoms with Crippen LogP contribution in [-0.4, -0.2) is 9.58 Å². The Morgan fingerprint density at radius 1 is 1.26 bits per heavy atom. The molecule has 1 aromatic carbocycles. The molecule has 0 amide bonds. The fraction of sp³-hybridized carbons (Fsp3) is 0.538. The van der Waals surface area contributed by atoms with E-state index < -0.39 is 3.54 Å². The van der Waals surface area contributed by atoms with Crippen LogP contribution in [0, 0.1) is 0 Å². The minimum atomic E-state index is -0.399. The molecule has 1 saturated carbocycles. The second-order valence-electron chi connectivity index (χ2n) is 4.82. The molecule has 1 aromatic rings. The Hall–Kier alpha value is -0.0100. The number of thioether (sulfide) groups is 1. The Balaban J connectivity index is 0.000000163. The SMILES string of the molecule is NC1CCCCC1.NSC1(S)Nc2ccccc2S1. The molecule has 1 atom stereocenters. The van der Waals surface area contributed by atoms with Crippen molar-refractivity contribution in [2.24, 2.45) is 10.9 Å². The molecule has 3 nitrogen and oxygen atoms in total. The molecule has 2 aliphatic rings. The van der Waals surface area contributed by atoms with E-state index in [1.165, 1.54) is 48.9 Å². The zero-order valence-electron chi connectivity index (χ0n) is 10.8. The lowest BCUT2D eigenvalue weighted by molar-refractivity contribution is 0.441. The van der Waals surface area contributed by atoms with Crippen LogP contribution in [0.1, 0.15) is 32.1 Å². The van der Waals surface area contributed by atoms with E-state index in [9.17, 15) is 0 Å². The maximum absolute atomic E-state index is 5.63. The van der Waals surface area contributed by atoms with Crippen LogP contribution in [0.2, 0.25) is 0 Å². The van der Waals surface area contributed by atoms with Gasteiger partial charge < -0.3 is 11.1 Å². The topological polar surface area (TPSA) is 64.1 Å². The van der Waals surface area contributed by atoms with Gasteiger partial charge in [-0.25, -0.2) is 0 Å². The molecule has 19 heavy (non-hydrogen) atoms. The van der Waals surface area contributed by atoms with Crippen molar-refractivity contribution in [1.82, 2.24) is 0 Å². The third-order valence-electron chi connectivity index (χ3n) is 3.24. The number of fused-ring (bicyclic) bond motifs is 1. The molecule has 106 valence electrons. The largest absolute Gasteiger partial charge is 0.352 e. The third-order valence-corrected chi connectivity index (χ3v) is 5.85. The number of nitrogens with two attached hydrogens (primary N) is 2. The lowest BCUT2D eigenvalue weighted by Gasteiger charge is -2.18. The molecule has 0 radical (unpaired) electrons. The molecule has 1 heterocycles. The summed E-state index contributed by atoms with van der Waals surface area (Å²) < 4.78 is -0.399. The van der Waals surface area contributed by atoms with Gasteiger partial charge in [-0.15, -0.1) is 12.6 Å². The highest BCUT2D eigenvalue weighted by molar-refractivity contribution is 8.29. The average molecular weight is 316 g/mol. The number of nitrogens with one attached hydrogen (secondary N) is 1. The predicted octanol–water partition coefficient (Wildman–Crippen LogP) is 3.63. The molecule has 5 N–H and O–H groups in total. The van der Waals surface area contributed by atoms with Gasteiger partial charge in [0.25, 0.3) is 0 Å². The third kappa shape index (κ3) is 4.49. The second-order valence-corrected chi connectivity index (χ2v) is 8.46. The van der Waals surface area contributed by atoms with Gasteiger partial charge in [-0.1, -0.05) is 43.2 Å². The Kier molecular flexibility index (Phi) is 5.77. The van der Waals surface area contributed by atoms with E-state index in [1.54, 1.807) is 11.8 Å². The van der Waals surface area contributed by atoms with Gasteiger partial charge in [0.15, 0.2) is 3.54 Å². The standard InChI is InChI=1S/C7H8N2S3.C6H13N/c8-12-7(10)9-5-3-1-2-4-6(5)11-7;7-6-4-2-1-3-5-6/h1-4,9-10H,8H2;6H,1-5,7H2. The minimum absolute atomic E-state index is 0.399. The highest BCUT2D eigenvalue weighted by Crippen LogP contribution is 2.51. The van der Waals surface area contributed by atoms with Crippen LogP contribution in [0.25, 0.3) is 0 Å². The number of hydrogen-bond acceptors (Lipinski definition) is 6. The summed E-state index contributed by atoms with van der Waals surface area (Å²) in [5.41, 5.74) is 6.74. The maximum Gasteiger partial charge on any atom is 0.194 e. The van der Waals surface area contributed by atoms with Crippen LogP contribution in [0.4, 0.5) is 5.69 Å². The first-order valence-electron chi connectivity index (χ1n) is 6.55. The first-order valence-corrected chi connectivity index (χ1v) is 8.69. The maximum atomic E-state index is 5.63. The number of thiol groups is 1. The second kappa shape index (κ2) is 7.13. The summed E-state index contributed by atoms with van der Waals surface area (Å²) in [6.45, 7) is 0. The van der Waals surface area contributed by atoms with Crippen molar-refractivity contribution in [3.05, 3.63) is 24.3 Å². The number of benzene rings is 1. The molecule has 1 aliphatic carbocycles. The van der Waals surface area contributed by atoms with Crippen molar-refractivity contribution in [2.75, 3.05) is 5.32 Å². The van der Waals surface area contributed by atoms with Gasteiger partial charge in [0.1, 0.15) is 0 Å². The van der Waals surface area contributed by atoms with Gasteiger partial charge in [0, 0.05) is 10.9 Å². The number of para-hydroxylation sites is 1. The summed E-state index contributed by atoms with van der Waals surface area (Å²) in [5, 5.41) is 8.73. The average Bonchev–Trinajstić information content (AvgIpc) is 2.77. The summed E-state index contributed by atoms with van der Waals surface area (Å²) in [6, 6.07) is 8.62. The molecule has 0 spiro atoms. The Bertz CT molecular complexity index is 383. The highest BCUT2D eigenvalue weighted by Gasteiger charge is 2.33. The molecule has 1 unspecified atom stereocenters. The van der Waals surface area contributed by atoms with Crippen LogP contribution in [0.15, 0.2) is 29.2 Å². The van der Waals surface area contributed by atoms with E-state index in [4.69, 9.17) is 10.9 Å². The van der Waals surface area contributed by atoms with E-state index in [2.05, 4.69) is 24.0 Å². The Labute approximate surface area is 129 Å². The van der Waals surface area contributed by atoms with Gasteiger partial charge in [0.2, 0.25) is 0 Å². The summed E-state index contributed by atoms with van der Waals surface area (Å²) in [4.78, 5) is 1.20.